The van der Waals surface area contributed by atoms with Gasteiger partial charge in [0, 0.05) is 6.54 Å². The minimum Gasteiger partial charge on any atom is -0.467 e. The van der Waals surface area contributed by atoms with Crippen molar-refractivity contribution in [1.29, 1.82) is 0 Å². The van der Waals surface area contributed by atoms with Gasteiger partial charge in [-0.25, -0.2) is 14.6 Å². The smallest absolute Gasteiger partial charge is 0.411 e. The number of aliphatic hydroxyl groups excluding tert-OH is 1. The Bertz CT molecular complexity index is 1310. The first-order valence-electron chi connectivity index (χ1n) is 11.7. The Balaban J connectivity index is 1.54. The summed E-state index contributed by atoms with van der Waals surface area (Å²) >= 11 is 0. The molecule has 3 aromatic rings. The molecule has 0 saturated carbocycles. The van der Waals surface area contributed by atoms with Gasteiger partial charge in [-0.05, 0) is 37.0 Å². The number of amides is 1. The van der Waals surface area contributed by atoms with Crippen LogP contribution in [0.3, 0.4) is 0 Å². The summed E-state index contributed by atoms with van der Waals surface area (Å²) in [5.41, 5.74) is 1.77. The molecular formula is C27H29N3O6. The van der Waals surface area contributed by atoms with Crippen molar-refractivity contribution in [2.24, 2.45) is 0 Å². The zero-order valence-corrected chi connectivity index (χ0v) is 20.1. The lowest BCUT2D eigenvalue weighted by Gasteiger charge is -2.42. The number of benzene rings is 2. The first-order chi connectivity index (χ1) is 17.4. The van der Waals surface area contributed by atoms with E-state index in [1.165, 1.54) is 22.9 Å². The summed E-state index contributed by atoms with van der Waals surface area (Å²) in [6.45, 7) is 4.25. The van der Waals surface area contributed by atoms with Crippen LogP contribution in [0.25, 0.3) is 10.9 Å². The molecule has 1 fully saturated rings. The first kappa shape index (κ1) is 25.1. The highest BCUT2D eigenvalue weighted by Crippen LogP contribution is 2.29. The van der Waals surface area contributed by atoms with Crippen molar-refractivity contribution >= 4 is 23.0 Å². The van der Waals surface area contributed by atoms with Gasteiger partial charge in [-0.1, -0.05) is 54.6 Å². The van der Waals surface area contributed by atoms with Crippen molar-refractivity contribution < 1.29 is 24.2 Å². The highest BCUT2D eigenvalue weighted by Gasteiger charge is 2.44. The second-order valence-corrected chi connectivity index (χ2v) is 8.85. The summed E-state index contributed by atoms with van der Waals surface area (Å²) in [4.78, 5) is 44.2. The number of methoxy groups -OCH3 is 1. The number of carbonyl (C=O) groups excluding carboxylic acids is 2. The molecular weight excluding hydrogens is 462 g/mol. The maximum Gasteiger partial charge on any atom is 0.411 e. The lowest BCUT2D eigenvalue weighted by molar-refractivity contribution is -0.151. The molecule has 0 aliphatic carbocycles. The monoisotopic (exact) mass is 491 g/mol. The third-order valence-electron chi connectivity index (χ3n) is 6.39. The van der Waals surface area contributed by atoms with Gasteiger partial charge in [0.05, 0.1) is 36.5 Å². The number of rotatable bonds is 7. The number of hydrogen-bond donors (Lipinski definition) is 1. The molecule has 3 atom stereocenters. The van der Waals surface area contributed by atoms with Gasteiger partial charge in [0.1, 0.15) is 12.6 Å². The molecule has 1 aromatic heterocycles. The van der Waals surface area contributed by atoms with Crippen LogP contribution in [-0.4, -0.2) is 56.9 Å². The number of ether oxygens (including phenoxy) is 2. The fourth-order valence-electron chi connectivity index (χ4n) is 4.55. The van der Waals surface area contributed by atoms with Crippen molar-refractivity contribution in [3.05, 3.63) is 89.0 Å². The van der Waals surface area contributed by atoms with Crippen LogP contribution in [0.15, 0.2) is 77.9 Å². The molecule has 188 valence electrons. The standard InChI is InChI=1S/C27H29N3O6/c1-18(15-29-17-28-21-11-7-6-10-20(21)25(29)32)14-23-24(31)13-12-22(26(33)35-2)30(23)27(34)36-16-19-8-4-3-5-9-19/h3-11,17,22-24,31H,1,12-16H2,2H3/t22-,23-,24+/m0/s1. The molecule has 9 heteroatoms. The highest BCUT2D eigenvalue weighted by molar-refractivity contribution is 5.82. The van der Waals surface area contributed by atoms with E-state index in [1.54, 1.807) is 18.2 Å². The van der Waals surface area contributed by atoms with Gasteiger partial charge in [0.25, 0.3) is 5.56 Å². The van der Waals surface area contributed by atoms with Crippen LogP contribution in [0.1, 0.15) is 24.8 Å². The quantitative estimate of drug-likeness (QED) is 0.399. The van der Waals surface area contributed by atoms with E-state index >= 15 is 0 Å². The highest BCUT2D eigenvalue weighted by atomic mass is 16.6. The number of likely N-dealkylation sites (tertiary alicyclic amines) is 1. The van der Waals surface area contributed by atoms with Crippen LogP contribution in [0.4, 0.5) is 4.79 Å². The fourth-order valence-corrected chi connectivity index (χ4v) is 4.55. The van der Waals surface area contributed by atoms with Gasteiger partial charge in [-0.3, -0.25) is 14.3 Å². The molecule has 1 saturated heterocycles. The number of esters is 1. The Morgan fingerprint density at radius 1 is 1.11 bits per heavy atom. The van der Waals surface area contributed by atoms with Gasteiger partial charge in [0.2, 0.25) is 0 Å². The van der Waals surface area contributed by atoms with Crippen LogP contribution in [-0.2, 0) is 27.4 Å². The van der Waals surface area contributed by atoms with Gasteiger partial charge in [-0.15, -0.1) is 0 Å². The van der Waals surface area contributed by atoms with Gasteiger partial charge in [-0.2, -0.15) is 0 Å². The van der Waals surface area contributed by atoms with Crippen LogP contribution >= 0.6 is 0 Å². The van der Waals surface area contributed by atoms with Gasteiger partial charge in [0.15, 0.2) is 0 Å². The molecule has 0 unspecified atom stereocenters. The number of aliphatic hydroxyl groups is 1. The molecule has 2 heterocycles. The molecule has 0 radical (unpaired) electrons. The molecule has 1 N–H and O–H groups in total. The molecule has 0 bridgehead atoms. The predicted molar refractivity (Wildman–Crippen MR) is 133 cm³/mol. The number of piperidine rings is 1. The molecule has 1 amide bonds. The maximum absolute atomic E-state index is 13.2. The summed E-state index contributed by atoms with van der Waals surface area (Å²) < 4.78 is 11.9. The number of fused-ring (bicyclic) bond motifs is 1. The van der Waals surface area contributed by atoms with Crippen molar-refractivity contribution in [1.82, 2.24) is 14.5 Å². The largest absolute Gasteiger partial charge is 0.467 e. The van der Waals surface area contributed by atoms with E-state index in [9.17, 15) is 19.5 Å². The number of nitrogens with zero attached hydrogens (tertiary/aromatic N) is 3. The predicted octanol–water partition coefficient (Wildman–Crippen LogP) is 3.05. The summed E-state index contributed by atoms with van der Waals surface area (Å²) in [5, 5.41) is 11.3. The van der Waals surface area contributed by atoms with Gasteiger partial charge < -0.3 is 14.6 Å². The summed E-state index contributed by atoms with van der Waals surface area (Å²) in [7, 11) is 1.26. The summed E-state index contributed by atoms with van der Waals surface area (Å²) in [5.74, 6) is -0.580. The van der Waals surface area contributed by atoms with Crippen LogP contribution in [0.2, 0.25) is 0 Å². The number of aromatic nitrogens is 2. The SMILES string of the molecule is C=C(C[C@H]1[C@H](O)CC[C@@H](C(=O)OC)N1C(=O)OCc1ccccc1)Cn1cnc2ccccc2c1=O. The lowest BCUT2D eigenvalue weighted by atomic mass is 9.89. The summed E-state index contributed by atoms with van der Waals surface area (Å²) in [6.07, 6.45) is 0.530. The Morgan fingerprint density at radius 3 is 2.58 bits per heavy atom. The minimum atomic E-state index is -0.904. The number of hydrogen-bond acceptors (Lipinski definition) is 7. The minimum absolute atomic E-state index is 0.0198. The Labute approximate surface area is 208 Å². The van der Waals surface area contributed by atoms with E-state index in [2.05, 4.69) is 11.6 Å². The molecule has 4 rings (SSSR count). The number of carbonyl (C=O) groups is 2. The van der Waals surface area contributed by atoms with Crippen LogP contribution < -0.4 is 5.56 Å². The molecule has 0 spiro atoms. The molecule has 2 aromatic carbocycles. The van der Waals surface area contributed by atoms with E-state index in [-0.39, 0.29) is 31.6 Å². The van der Waals surface area contributed by atoms with E-state index in [0.29, 0.717) is 22.9 Å². The van der Waals surface area contributed by atoms with E-state index in [4.69, 9.17) is 9.47 Å². The topological polar surface area (TPSA) is 111 Å². The van der Waals surface area contributed by atoms with E-state index in [0.717, 1.165) is 5.56 Å². The van der Waals surface area contributed by atoms with Crippen LogP contribution in [0, 0.1) is 0 Å². The average molecular weight is 492 g/mol. The maximum atomic E-state index is 13.2. The van der Waals surface area contributed by atoms with E-state index in [1.807, 2.05) is 36.4 Å². The second-order valence-electron chi connectivity index (χ2n) is 8.85. The molecule has 1 aliphatic heterocycles. The summed E-state index contributed by atoms with van der Waals surface area (Å²) in [6, 6.07) is 14.6. The Hall–Kier alpha value is -3.98. The number of para-hydroxylation sites is 1. The van der Waals surface area contributed by atoms with Crippen molar-refractivity contribution in [3.63, 3.8) is 0 Å². The zero-order valence-electron chi connectivity index (χ0n) is 20.1. The molecule has 9 nitrogen and oxygen atoms in total. The third-order valence-corrected chi connectivity index (χ3v) is 6.39. The van der Waals surface area contributed by atoms with Crippen molar-refractivity contribution in [2.45, 2.75) is 50.6 Å². The van der Waals surface area contributed by atoms with Crippen molar-refractivity contribution in [3.8, 4) is 0 Å². The molecule has 1 aliphatic rings. The molecule has 36 heavy (non-hydrogen) atoms. The van der Waals surface area contributed by atoms with E-state index < -0.39 is 30.3 Å². The van der Waals surface area contributed by atoms with Crippen LogP contribution in [0.5, 0.6) is 0 Å². The Morgan fingerprint density at radius 2 is 1.83 bits per heavy atom. The van der Waals surface area contributed by atoms with Crippen molar-refractivity contribution in [2.75, 3.05) is 7.11 Å². The average Bonchev–Trinajstić information content (AvgIpc) is 2.90. The van der Waals surface area contributed by atoms with Gasteiger partial charge >= 0.3 is 12.1 Å². The zero-order chi connectivity index (χ0) is 25.7. The Kier molecular flexibility index (Phi) is 7.80. The fraction of sp³-hybridized carbons (Fsp3) is 0.333. The normalized spacial score (nSPS) is 19.6. The third kappa shape index (κ3) is 5.46. The second kappa shape index (κ2) is 11.2. The lowest BCUT2D eigenvalue weighted by Crippen LogP contribution is -2.59. The first-order valence-corrected chi connectivity index (χ1v) is 11.7.